The van der Waals surface area contributed by atoms with Crippen LogP contribution in [0.15, 0.2) is 54.6 Å². The lowest BCUT2D eigenvalue weighted by Crippen LogP contribution is -2.49. The SMILES string of the molecule is CC(C)C(NC(=O)c1ccccc1)C(=O)NCc1ccc(F)cc1. The molecule has 0 radical (unpaired) electrons. The van der Waals surface area contributed by atoms with Gasteiger partial charge in [-0.05, 0) is 35.7 Å². The maximum atomic E-state index is 12.9. The predicted molar refractivity (Wildman–Crippen MR) is 90.8 cm³/mol. The van der Waals surface area contributed by atoms with Gasteiger partial charge in [-0.1, -0.05) is 44.2 Å². The van der Waals surface area contributed by atoms with Crippen LogP contribution in [-0.2, 0) is 11.3 Å². The van der Waals surface area contributed by atoms with Gasteiger partial charge in [0.05, 0.1) is 0 Å². The molecule has 0 aliphatic carbocycles. The highest BCUT2D eigenvalue weighted by Crippen LogP contribution is 2.07. The number of benzene rings is 2. The summed E-state index contributed by atoms with van der Waals surface area (Å²) in [6.07, 6.45) is 0. The first-order valence-electron chi connectivity index (χ1n) is 7.85. The van der Waals surface area contributed by atoms with Crippen molar-refractivity contribution in [2.24, 2.45) is 5.92 Å². The van der Waals surface area contributed by atoms with Crippen molar-refractivity contribution in [3.63, 3.8) is 0 Å². The molecule has 2 aromatic carbocycles. The van der Waals surface area contributed by atoms with Gasteiger partial charge < -0.3 is 10.6 Å². The van der Waals surface area contributed by atoms with Crippen LogP contribution in [0.4, 0.5) is 4.39 Å². The molecule has 1 unspecified atom stereocenters. The fourth-order valence-electron chi connectivity index (χ4n) is 2.25. The largest absolute Gasteiger partial charge is 0.350 e. The van der Waals surface area contributed by atoms with E-state index in [0.717, 1.165) is 5.56 Å². The Morgan fingerprint density at radius 2 is 1.62 bits per heavy atom. The third kappa shape index (κ3) is 4.91. The topological polar surface area (TPSA) is 58.2 Å². The molecule has 0 spiro atoms. The highest BCUT2D eigenvalue weighted by atomic mass is 19.1. The second-order valence-electron chi connectivity index (χ2n) is 5.91. The summed E-state index contributed by atoms with van der Waals surface area (Å²) < 4.78 is 12.9. The number of halogens is 1. The lowest BCUT2D eigenvalue weighted by Gasteiger charge is -2.21. The monoisotopic (exact) mass is 328 g/mol. The minimum atomic E-state index is -0.641. The van der Waals surface area contributed by atoms with Crippen LogP contribution in [0.25, 0.3) is 0 Å². The van der Waals surface area contributed by atoms with Crippen LogP contribution in [0.1, 0.15) is 29.8 Å². The number of nitrogens with one attached hydrogen (secondary N) is 2. The Balaban J connectivity index is 1.97. The normalized spacial score (nSPS) is 11.8. The van der Waals surface area contributed by atoms with Crippen molar-refractivity contribution >= 4 is 11.8 Å². The van der Waals surface area contributed by atoms with Crippen molar-refractivity contribution in [3.05, 3.63) is 71.5 Å². The zero-order valence-corrected chi connectivity index (χ0v) is 13.8. The molecular weight excluding hydrogens is 307 g/mol. The Morgan fingerprint density at radius 1 is 1.00 bits per heavy atom. The lowest BCUT2D eigenvalue weighted by atomic mass is 10.0. The minimum absolute atomic E-state index is 0.0640. The summed E-state index contributed by atoms with van der Waals surface area (Å²) >= 11 is 0. The lowest BCUT2D eigenvalue weighted by molar-refractivity contribution is -0.124. The molecule has 4 nitrogen and oxygen atoms in total. The Morgan fingerprint density at radius 3 is 2.21 bits per heavy atom. The summed E-state index contributed by atoms with van der Waals surface area (Å²) in [5.74, 6) is -0.934. The molecule has 24 heavy (non-hydrogen) atoms. The van der Waals surface area contributed by atoms with Gasteiger partial charge in [0.15, 0.2) is 0 Å². The first kappa shape index (κ1) is 17.7. The molecule has 5 heteroatoms. The molecule has 0 heterocycles. The number of amides is 2. The van der Waals surface area contributed by atoms with Crippen LogP contribution in [0.2, 0.25) is 0 Å². The summed E-state index contributed by atoms with van der Waals surface area (Å²) in [6, 6.07) is 14.0. The van der Waals surface area contributed by atoms with Gasteiger partial charge in [-0.25, -0.2) is 4.39 Å². The average Bonchev–Trinajstić information content (AvgIpc) is 2.59. The van der Waals surface area contributed by atoms with Gasteiger partial charge in [-0.15, -0.1) is 0 Å². The van der Waals surface area contributed by atoms with E-state index >= 15 is 0 Å². The Labute approximate surface area is 141 Å². The second kappa shape index (κ2) is 8.24. The molecule has 2 N–H and O–H groups in total. The third-order valence-electron chi connectivity index (χ3n) is 3.65. The van der Waals surface area contributed by atoms with Gasteiger partial charge in [0.25, 0.3) is 5.91 Å². The predicted octanol–water partition coefficient (Wildman–Crippen LogP) is 2.90. The van der Waals surface area contributed by atoms with E-state index in [1.54, 1.807) is 36.4 Å². The van der Waals surface area contributed by atoms with Crippen molar-refractivity contribution in [2.75, 3.05) is 0 Å². The van der Waals surface area contributed by atoms with E-state index in [4.69, 9.17) is 0 Å². The van der Waals surface area contributed by atoms with E-state index in [-0.39, 0.29) is 30.1 Å². The zero-order valence-electron chi connectivity index (χ0n) is 13.8. The molecule has 0 aromatic heterocycles. The third-order valence-corrected chi connectivity index (χ3v) is 3.65. The molecule has 2 rings (SSSR count). The molecule has 0 bridgehead atoms. The van der Waals surface area contributed by atoms with Crippen LogP contribution in [0, 0.1) is 11.7 Å². The number of carbonyl (C=O) groups is 2. The standard InChI is InChI=1S/C19H21FN2O2/c1-13(2)17(22-18(23)15-6-4-3-5-7-15)19(24)21-12-14-8-10-16(20)11-9-14/h3-11,13,17H,12H2,1-2H3,(H,21,24)(H,22,23). The average molecular weight is 328 g/mol. The van der Waals surface area contributed by atoms with Gasteiger partial charge in [-0.3, -0.25) is 9.59 Å². The quantitative estimate of drug-likeness (QED) is 0.856. The number of carbonyl (C=O) groups excluding carboxylic acids is 2. The van der Waals surface area contributed by atoms with Crippen LogP contribution < -0.4 is 10.6 Å². The highest BCUT2D eigenvalue weighted by molar-refractivity contribution is 5.97. The van der Waals surface area contributed by atoms with Gasteiger partial charge in [0, 0.05) is 12.1 Å². The van der Waals surface area contributed by atoms with Crippen molar-refractivity contribution in [3.8, 4) is 0 Å². The maximum absolute atomic E-state index is 12.9. The molecule has 2 amide bonds. The molecule has 0 aliphatic rings. The van der Waals surface area contributed by atoms with E-state index in [1.165, 1.54) is 12.1 Å². The maximum Gasteiger partial charge on any atom is 0.251 e. The van der Waals surface area contributed by atoms with Gasteiger partial charge in [0.2, 0.25) is 5.91 Å². The van der Waals surface area contributed by atoms with Crippen LogP contribution >= 0.6 is 0 Å². The molecule has 0 saturated carbocycles. The first-order valence-corrected chi connectivity index (χ1v) is 7.85. The number of hydrogen-bond acceptors (Lipinski definition) is 2. The van der Waals surface area contributed by atoms with Crippen molar-refractivity contribution in [1.29, 1.82) is 0 Å². The van der Waals surface area contributed by atoms with Crippen molar-refractivity contribution in [1.82, 2.24) is 10.6 Å². The van der Waals surface area contributed by atoms with E-state index < -0.39 is 6.04 Å². The molecule has 2 aromatic rings. The minimum Gasteiger partial charge on any atom is -0.350 e. The Bertz CT molecular complexity index is 684. The molecule has 0 saturated heterocycles. The summed E-state index contributed by atoms with van der Waals surface area (Å²) in [7, 11) is 0. The van der Waals surface area contributed by atoms with E-state index in [9.17, 15) is 14.0 Å². The fourth-order valence-corrected chi connectivity index (χ4v) is 2.25. The summed E-state index contributed by atoms with van der Waals surface area (Å²) in [5.41, 5.74) is 1.30. The fraction of sp³-hybridized carbons (Fsp3) is 0.263. The van der Waals surface area contributed by atoms with Crippen molar-refractivity contribution < 1.29 is 14.0 Å². The summed E-state index contributed by atoms with van der Waals surface area (Å²) in [4.78, 5) is 24.6. The van der Waals surface area contributed by atoms with Crippen LogP contribution in [-0.4, -0.2) is 17.9 Å². The summed E-state index contributed by atoms with van der Waals surface area (Å²) in [6.45, 7) is 4.02. The van der Waals surface area contributed by atoms with E-state index in [2.05, 4.69) is 10.6 Å². The Kier molecular flexibility index (Phi) is 6.07. The van der Waals surface area contributed by atoms with Crippen LogP contribution in [0.3, 0.4) is 0 Å². The first-order chi connectivity index (χ1) is 11.5. The molecule has 1 atom stereocenters. The van der Waals surface area contributed by atoms with E-state index in [1.807, 2.05) is 19.9 Å². The number of rotatable bonds is 6. The molecular formula is C19H21FN2O2. The van der Waals surface area contributed by atoms with Crippen molar-refractivity contribution in [2.45, 2.75) is 26.4 Å². The van der Waals surface area contributed by atoms with Gasteiger partial charge in [0.1, 0.15) is 11.9 Å². The van der Waals surface area contributed by atoms with E-state index in [0.29, 0.717) is 5.56 Å². The molecule has 0 aliphatic heterocycles. The highest BCUT2D eigenvalue weighted by Gasteiger charge is 2.24. The molecule has 126 valence electrons. The van der Waals surface area contributed by atoms with Crippen LogP contribution in [0.5, 0.6) is 0 Å². The molecule has 0 fully saturated rings. The second-order valence-corrected chi connectivity index (χ2v) is 5.91. The van der Waals surface area contributed by atoms with Gasteiger partial charge in [-0.2, -0.15) is 0 Å². The van der Waals surface area contributed by atoms with Gasteiger partial charge >= 0.3 is 0 Å². The zero-order chi connectivity index (χ0) is 17.5. The smallest absolute Gasteiger partial charge is 0.251 e. The Hall–Kier alpha value is -2.69. The number of hydrogen-bond donors (Lipinski definition) is 2. The summed E-state index contributed by atoms with van der Waals surface area (Å²) in [5, 5.41) is 5.55.